The molecule has 0 N–H and O–H groups in total. The Morgan fingerprint density at radius 3 is 2.50 bits per heavy atom. The summed E-state index contributed by atoms with van der Waals surface area (Å²) in [5.41, 5.74) is 2.58. The Kier molecular flexibility index (Phi) is 5.62. The minimum absolute atomic E-state index is 0.0323. The molecular formula is C24H24N4O2. The van der Waals surface area contributed by atoms with Crippen molar-refractivity contribution in [1.29, 1.82) is 0 Å². The van der Waals surface area contributed by atoms with Gasteiger partial charge in [0.05, 0.1) is 12.8 Å². The molecule has 1 saturated carbocycles. The first-order chi connectivity index (χ1) is 14.6. The van der Waals surface area contributed by atoms with Crippen molar-refractivity contribution in [3.63, 3.8) is 0 Å². The molecule has 1 aromatic carbocycles. The van der Waals surface area contributed by atoms with Crippen LogP contribution in [0.4, 0.5) is 5.69 Å². The summed E-state index contributed by atoms with van der Waals surface area (Å²) in [6, 6.07) is 10.5. The van der Waals surface area contributed by atoms with Crippen molar-refractivity contribution < 1.29 is 9.59 Å². The van der Waals surface area contributed by atoms with Crippen LogP contribution in [-0.2, 0) is 0 Å². The predicted octanol–water partition coefficient (Wildman–Crippen LogP) is 4.91. The molecule has 0 radical (unpaired) electrons. The maximum atomic E-state index is 13.0. The number of amides is 1. The highest BCUT2D eigenvalue weighted by molar-refractivity contribution is 6.08. The number of aromatic nitrogens is 2. The van der Waals surface area contributed by atoms with Crippen LogP contribution in [0.15, 0.2) is 48.8 Å². The molecule has 1 aliphatic carbocycles. The molecule has 1 fully saturated rings. The predicted molar refractivity (Wildman–Crippen MR) is 115 cm³/mol. The normalized spacial score (nSPS) is 14.4. The second-order valence-electron chi connectivity index (χ2n) is 7.66. The van der Waals surface area contributed by atoms with Crippen LogP contribution in [0, 0.1) is 6.57 Å². The molecule has 0 atom stereocenters. The highest BCUT2D eigenvalue weighted by Crippen LogP contribution is 2.24. The summed E-state index contributed by atoms with van der Waals surface area (Å²) in [5, 5.41) is 0. The molecule has 30 heavy (non-hydrogen) atoms. The number of nitrogens with zero attached hydrogens (tertiary/aromatic N) is 4. The van der Waals surface area contributed by atoms with Crippen molar-refractivity contribution in [2.75, 3.05) is 6.54 Å². The van der Waals surface area contributed by atoms with Gasteiger partial charge in [-0.3, -0.25) is 14.0 Å². The molecule has 2 aromatic heterocycles. The monoisotopic (exact) mass is 400 g/mol. The fourth-order valence-corrected chi connectivity index (χ4v) is 4.25. The van der Waals surface area contributed by atoms with Gasteiger partial charge in [0.25, 0.3) is 5.91 Å². The van der Waals surface area contributed by atoms with Gasteiger partial charge in [0.2, 0.25) is 5.78 Å². The van der Waals surface area contributed by atoms with E-state index in [2.05, 4.69) is 9.83 Å². The zero-order valence-corrected chi connectivity index (χ0v) is 17.0. The van der Waals surface area contributed by atoms with E-state index >= 15 is 0 Å². The third-order valence-corrected chi connectivity index (χ3v) is 5.87. The lowest BCUT2D eigenvalue weighted by Gasteiger charge is -2.33. The molecule has 4 rings (SSSR count). The number of pyridine rings is 1. The minimum atomic E-state index is -0.170. The Morgan fingerprint density at radius 1 is 1.13 bits per heavy atom. The number of carbonyl (C=O) groups is 2. The van der Waals surface area contributed by atoms with Gasteiger partial charge in [-0.2, -0.15) is 0 Å². The van der Waals surface area contributed by atoms with Gasteiger partial charge >= 0.3 is 0 Å². The number of benzene rings is 1. The van der Waals surface area contributed by atoms with E-state index in [0.29, 0.717) is 40.7 Å². The molecule has 6 heteroatoms. The Morgan fingerprint density at radius 2 is 1.83 bits per heavy atom. The van der Waals surface area contributed by atoms with Gasteiger partial charge in [0, 0.05) is 29.9 Å². The number of fused-ring (bicyclic) bond motifs is 1. The van der Waals surface area contributed by atoms with Crippen molar-refractivity contribution in [2.45, 2.75) is 45.1 Å². The first kappa shape index (κ1) is 19.8. The van der Waals surface area contributed by atoms with E-state index < -0.39 is 0 Å². The summed E-state index contributed by atoms with van der Waals surface area (Å²) in [5.74, 6) is -0.137. The Labute approximate surface area is 176 Å². The number of hydrogen-bond acceptors (Lipinski definition) is 3. The molecule has 0 saturated heterocycles. The molecule has 2 heterocycles. The second kappa shape index (κ2) is 8.50. The van der Waals surface area contributed by atoms with Crippen LogP contribution >= 0.6 is 0 Å². The van der Waals surface area contributed by atoms with Gasteiger partial charge < -0.3 is 4.90 Å². The Bertz CT molecular complexity index is 1120. The van der Waals surface area contributed by atoms with Crippen LogP contribution in [-0.4, -0.2) is 38.6 Å². The van der Waals surface area contributed by atoms with E-state index in [1.807, 2.05) is 11.8 Å². The minimum Gasteiger partial charge on any atom is -0.336 e. The summed E-state index contributed by atoms with van der Waals surface area (Å²) < 4.78 is 1.68. The van der Waals surface area contributed by atoms with Crippen molar-refractivity contribution in [2.24, 2.45) is 0 Å². The standard InChI is InChI=1S/C24H24N4O2/c1-3-27(20-7-5-4-6-8-20)24(30)18-11-9-17(10-12-18)23(29)21-16-26-22-15-19(25-2)13-14-28(21)22/h9-16,20H,3-8H2,1H3. The van der Waals surface area contributed by atoms with Gasteiger partial charge in [0.1, 0.15) is 11.3 Å². The number of rotatable bonds is 5. The average molecular weight is 400 g/mol. The third-order valence-electron chi connectivity index (χ3n) is 5.87. The molecule has 1 aliphatic rings. The third kappa shape index (κ3) is 3.71. The number of imidazole rings is 1. The molecule has 1 amide bonds. The SMILES string of the molecule is [C-]#[N+]c1ccn2c(C(=O)c3ccc(C(=O)N(CC)C4CCCCC4)cc3)cnc2c1. The van der Waals surface area contributed by atoms with E-state index in [-0.39, 0.29) is 11.7 Å². The van der Waals surface area contributed by atoms with E-state index in [1.165, 1.54) is 25.5 Å². The second-order valence-corrected chi connectivity index (χ2v) is 7.66. The topological polar surface area (TPSA) is 59.0 Å². The van der Waals surface area contributed by atoms with Gasteiger partial charge in [-0.05, 0) is 44.0 Å². The maximum Gasteiger partial charge on any atom is 0.254 e. The van der Waals surface area contributed by atoms with Crippen molar-refractivity contribution >= 4 is 23.0 Å². The molecule has 6 nitrogen and oxygen atoms in total. The first-order valence-electron chi connectivity index (χ1n) is 10.4. The van der Waals surface area contributed by atoms with Crippen molar-refractivity contribution in [3.8, 4) is 0 Å². The van der Waals surface area contributed by atoms with Crippen molar-refractivity contribution in [3.05, 3.63) is 77.0 Å². The molecular weight excluding hydrogens is 376 g/mol. The lowest BCUT2D eigenvalue weighted by Crippen LogP contribution is -2.41. The zero-order valence-electron chi connectivity index (χ0n) is 17.0. The smallest absolute Gasteiger partial charge is 0.254 e. The molecule has 0 bridgehead atoms. The lowest BCUT2D eigenvalue weighted by atomic mass is 9.93. The molecule has 0 unspecified atom stereocenters. The number of carbonyl (C=O) groups excluding carboxylic acids is 2. The van der Waals surface area contributed by atoms with E-state index in [4.69, 9.17) is 6.57 Å². The highest BCUT2D eigenvalue weighted by atomic mass is 16.2. The summed E-state index contributed by atoms with van der Waals surface area (Å²) in [4.78, 5) is 35.6. The number of hydrogen-bond donors (Lipinski definition) is 0. The van der Waals surface area contributed by atoms with E-state index in [0.717, 1.165) is 12.8 Å². The van der Waals surface area contributed by atoms with Gasteiger partial charge in [-0.15, -0.1) is 0 Å². The lowest BCUT2D eigenvalue weighted by molar-refractivity contribution is 0.0647. The summed E-state index contributed by atoms with van der Waals surface area (Å²) in [6.07, 6.45) is 8.95. The highest BCUT2D eigenvalue weighted by Gasteiger charge is 2.25. The average Bonchev–Trinajstić information content (AvgIpc) is 3.23. The van der Waals surface area contributed by atoms with Gasteiger partial charge in [0.15, 0.2) is 5.69 Å². The van der Waals surface area contributed by atoms with Crippen LogP contribution in [0.5, 0.6) is 0 Å². The summed E-state index contributed by atoms with van der Waals surface area (Å²) in [6.45, 7) is 9.81. The van der Waals surface area contributed by atoms with Crippen LogP contribution in [0.25, 0.3) is 10.5 Å². The fourth-order valence-electron chi connectivity index (χ4n) is 4.25. The molecule has 3 aromatic rings. The molecule has 0 aliphatic heterocycles. The van der Waals surface area contributed by atoms with E-state index in [9.17, 15) is 9.59 Å². The first-order valence-corrected chi connectivity index (χ1v) is 10.4. The van der Waals surface area contributed by atoms with Gasteiger partial charge in [-0.25, -0.2) is 9.83 Å². The van der Waals surface area contributed by atoms with E-state index in [1.54, 1.807) is 47.0 Å². The zero-order chi connectivity index (χ0) is 21.1. The molecule has 152 valence electrons. The molecule has 0 spiro atoms. The Hall–Kier alpha value is -3.46. The number of ketones is 1. The van der Waals surface area contributed by atoms with Crippen molar-refractivity contribution in [1.82, 2.24) is 14.3 Å². The Balaban J connectivity index is 1.55. The quantitative estimate of drug-likeness (QED) is 0.452. The van der Waals surface area contributed by atoms with Crippen LogP contribution < -0.4 is 0 Å². The summed E-state index contributed by atoms with van der Waals surface area (Å²) >= 11 is 0. The van der Waals surface area contributed by atoms with Crippen LogP contribution in [0.2, 0.25) is 0 Å². The van der Waals surface area contributed by atoms with Gasteiger partial charge in [-0.1, -0.05) is 31.4 Å². The van der Waals surface area contributed by atoms with Crippen LogP contribution in [0.3, 0.4) is 0 Å². The fraction of sp³-hybridized carbons (Fsp3) is 0.333. The van der Waals surface area contributed by atoms with Crippen LogP contribution in [0.1, 0.15) is 65.4 Å². The largest absolute Gasteiger partial charge is 0.336 e. The summed E-state index contributed by atoms with van der Waals surface area (Å²) in [7, 11) is 0. The maximum absolute atomic E-state index is 13.0.